The molecule has 1 aliphatic heterocycles. The first kappa shape index (κ1) is 16.0. The number of nitrogens with two attached hydrogens (primary N) is 1. The highest BCUT2D eigenvalue weighted by molar-refractivity contribution is 7.89. The molecule has 0 bridgehead atoms. The molecule has 2 N–H and O–H groups in total. The lowest BCUT2D eigenvalue weighted by Crippen LogP contribution is -2.30. The van der Waals surface area contributed by atoms with Crippen LogP contribution in [0.1, 0.15) is 45.8 Å². The lowest BCUT2D eigenvalue weighted by Gasteiger charge is -2.15. The maximum absolute atomic E-state index is 12.6. The summed E-state index contributed by atoms with van der Waals surface area (Å²) in [5, 5.41) is 5.10. The van der Waals surface area contributed by atoms with Crippen LogP contribution in [0.15, 0.2) is 6.07 Å². The third-order valence-corrected chi connectivity index (χ3v) is 6.66. The van der Waals surface area contributed by atoms with E-state index in [4.69, 9.17) is 5.14 Å². The first-order valence-electron chi connectivity index (χ1n) is 7.84. The number of likely N-dealkylation sites (tertiary alicyclic amines) is 1. The SMILES string of the molecule is NS(=O)(=O)C[C@H]1CCN(C(=O)c2cc3c(s2)CCCCC3)C1. The van der Waals surface area contributed by atoms with Crippen molar-refractivity contribution in [1.29, 1.82) is 0 Å². The molecular formula is C15H22N2O3S2. The topological polar surface area (TPSA) is 80.5 Å². The average molecular weight is 342 g/mol. The van der Waals surface area contributed by atoms with Gasteiger partial charge in [-0.1, -0.05) is 6.42 Å². The van der Waals surface area contributed by atoms with E-state index >= 15 is 0 Å². The molecule has 0 saturated carbocycles. The van der Waals surface area contributed by atoms with Gasteiger partial charge >= 0.3 is 0 Å². The molecule has 5 nitrogen and oxygen atoms in total. The lowest BCUT2D eigenvalue weighted by molar-refractivity contribution is 0.0793. The fourth-order valence-corrected chi connectivity index (χ4v) is 5.56. The molecule has 1 fully saturated rings. The number of thiophene rings is 1. The minimum atomic E-state index is -3.46. The van der Waals surface area contributed by atoms with Crippen LogP contribution >= 0.6 is 11.3 Å². The highest BCUT2D eigenvalue weighted by atomic mass is 32.2. The van der Waals surface area contributed by atoms with Crippen molar-refractivity contribution in [2.75, 3.05) is 18.8 Å². The summed E-state index contributed by atoms with van der Waals surface area (Å²) in [7, 11) is -3.46. The van der Waals surface area contributed by atoms with Crippen LogP contribution in [0.4, 0.5) is 0 Å². The van der Waals surface area contributed by atoms with Gasteiger partial charge in [-0.15, -0.1) is 11.3 Å². The molecular weight excluding hydrogens is 320 g/mol. The highest BCUT2D eigenvalue weighted by Gasteiger charge is 2.30. The van der Waals surface area contributed by atoms with Crippen LogP contribution < -0.4 is 5.14 Å². The second-order valence-corrected chi connectivity index (χ2v) is 9.15. The molecule has 0 unspecified atom stereocenters. The van der Waals surface area contributed by atoms with E-state index in [9.17, 15) is 13.2 Å². The van der Waals surface area contributed by atoms with Crippen molar-refractivity contribution in [3.63, 3.8) is 0 Å². The molecule has 1 atom stereocenters. The number of carbonyl (C=O) groups excluding carboxylic acids is 1. The third kappa shape index (κ3) is 3.70. The molecule has 0 spiro atoms. The Morgan fingerprint density at radius 1 is 1.32 bits per heavy atom. The van der Waals surface area contributed by atoms with Gasteiger partial charge in [0.2, 0.25) is 10.0 Å². The molecule has 22 heavy (non-hydrogen) atoms. The number of amides is 1. The third-order valence-electron chi connectivity index (χ3n) is 4.50. The highest BCUT2D eigenvalue weighted by Crippen LogP contribution is 2.30. The Kier molecular flexibility index (Phi) is 4.56. The number of fused-ring (bicyclic) bond motifs is 1. The molecule has 0 radical (unpaired) electrons. The summed E-state index contributed by atoms with van der Waals surface area (Å²) in [6, 6.07) is 2.06. The number of hydrogen-bond acceptors (Lipinski definition) is 4. The zero-order valence-corrected chi connectivity index (χ0v) is 14.2. The molecule has 2 aliphatic rings. The van der Waals surface area contributed by atoms with Gasteiger partial charge in [0, 0.05) is 18.0 Å². The van der Waals surface area contributed by atoms with Crippen LogP contribution in [0.5, 0.6) is 0 Å². The Balaban J connectivity index is 1.67. The molecule has 0 aromatic carbocycles. The molecule has 3 rings (SSSR count). The van der Waals surface area contributed by atoms with Crippen molar-refractivity contribution in [3.8, 4) is 0 Å². The normalized spacial score (nSPS) is 22.4. The minimum absolute atomic E-state index is 0.0300. The number of hydrogen-bond donors (Lipinski definition) is 1. The largest absolute Gasteiger partial charge is 0.338 e. The maximum Gasteiger partial charge on any atom is 0.263 e. The lowest BCUT2D eigenvalue weighted by atomic mass is 10.1. The van der Waals surface area contributed by atoms with E-state index in [-0.39, 0.29) is 17.6 Å². The molecule has 1 aromatic rings. The van der Waals surface area contributed by atoms with Gasteiger partial charge in [0.25, 0.3) is 5.91 Å². The molecule has 1 saturated heterocycles. The summed E-state index contributed by atoms with van der Waals surface area (Å²) in [5.41, 5.74) is 1.34. The summed E-state index contributed by atoms with van der Waals surface area (Å²) < 4.78 is 22.4. The van der Waals surface area contributed by atoms with E-state index < -0.39 is 10.0 Å². The van der Waals surface area contributed by atoms with Gasteiger partial charge in [-0.25, -0.2) is 13.6 Å². The van der Waals surface area contributed by atoms with Crippen LogP contribution in [-0.4, -0.2) is 38.1 Å². The van der Waals surface area contributed by atoms with Crippen molar-refractivity contribution in [3.05, 3.63) is 21.4 Å². The van der Waals surface area contributed by atoms with E-state index in [1.165, 1.54) is 29.7 Å². The first-order valence-corrected chi connectivity index (χ1v) is 10.4. The van der Waals surface area contributed by atoms with Crippen molar-refractivity contribution >= 4 is 27.3 Å². The van der Waals surface area contributed by atoms with Gasteiger partial charge in [-0.05, 0) is 49.7 Å². The standard InChI is InChI=1S/C15H22N2O3S2/c16-22(19,20)10-11-6-7-17(9-11)15(18)14-8-12-4-2-1-3-5-13(12)21-14/h8,11H,1-7,9-10H2,(H2,16,19,20)/t11-/m0/s1. The Morgan fingerprint density at radius 2 is 2.09 bits per heavy atom. The number of sulfonamides is 1. The van der Waals surface area contributed by atoms with Crippen molar-refractivity contribution < 1.29 is 13.2 Å². The van der Waals surface area contributed by atoms with E-state index in [2.05, 4.69) is 6.07 Å². The fraction of sp³-hybridized carbons (Fsp3) is 0.667. The molecule has 1 aromatic heterocycles. The smallest absolute Gasteiger partial charge is 0.263 e. The number of aryl methyl sites for hydroxylation is 2. The summed E-state index contributed by atoms with van der Waals surface area (Å²) in [6.45, 7) is 1.12. The molecule has 2 heterocycles. The van der Waals surface area contributed by atoms with Gasteiger partial charge < -0.3 is 4.90 Å². The van der Waals surface area contributed by atoms with Crippen molar-refractivity contribution in [1.82, 2.24) is 4.90 Å². The molecule has 122 valence electrons. The van der Waals surface area contributed by atoms with E-state index in [0.717, 1.165) is 17.7 Å². The number of nitrogens with zero attached hydrogens (tertiary/aromatic N) is 1. The Bertz CT molecular complexity index is 643. The zero-order valence-electron chi connectivity index (χ0n) is 12.6. The fourth-order valence-electron chi connectivity index (χ4n) is 3.41. The van der Waals surface area contributed by atoms with Crippen LogP contribution in [0.2, 0.25) is 0 Å². The monoisotopic (exact) mass is 342 g/mol. The maximum atomic E-state index is 12.6. The summed E-state index contributed by atoms with van der Waals surface area (Å²) in [5.74, 6) is -0.00992. The van der Waals surface area contributed by atoms with Gasteiger partial charge in [0.1, 0.15) is 0 Å². The molecule has 1 amide bonds. The van der Waals surface area contributed by atoms with Crippen LogP contribution in [0.25, 0.3) is 0 Å². The van der Waals surface area contributed by atoms with Crippen molar-refractivity contribution in [2.45, 2.75) is 38.5 Å². The Morgan fingerprint density at radius 3 is 2.86 bits per heavy atom. The minimum Gasteiger partial charge on any atom is -0.338 e. The number of carbonyl (C=O) groups is 1. The number of rotatable bonds is 3. The van der Waals surface area contributed by atoms with E-state index in [1.54, 1.807) is 16.2 Å². The van der Waals surface area contributed by atoms with Crippen LogP contribution in [0.3, 0.4) is 0 Å². The summed E-state index contributed by atoms with van der Waals surface area (Å²) in [4.78, 5) is 16.6. The Hall–Kier alpha value is -0.920. The predicted molar refractivity (Wildman–Crippen MR) is 87.6 cm³/mol. The quantitative estimate of drug-likeness (QED) is 0.850. The summed E-state index contributed by atoms with van der Waals surface area (Å²) in [6.07, 6.45) is 6.56. The summed E-state index contributed by atoms with van der Waals surface area (Å²) >= 11 is 1.62. The van der Waals surface area contributed by atoms with Crippen molar-refractivity contribution in [2.24, 2.45) is 11.1 Å². The van der Waals surface area contributed by atoms with Gasteiger partial charge in [0.05, 0.1) is 10.6 Å². The molecule has 1 aliphatic carbocycles. The van der Waals surface area contributed by atoms with Gasteiger partial charge in [-0.2, -0.15) is 0 Å². The zero-order chi connectivity index (χ0) is 15.7. The second kappa shape index (κ2) is 6.29. The first-order chi connectivity index (χ1) is 10.4. The van der Waals surface area contributed by atoms with Gasteiger partial charge in [-0.3, -0.25) is 4.79 Å². The predicted octanol–water partition coefficient (Wildman–Crippen LogP) is 1.77. The average Bonchev–Trinajstić information content (AvgIpc) is 2.99. The van der Waals surface area contributed by atoms with E-state index in [1.807, 2.05) is 0 Å². The van der Waals surface area contributed by atoms with Crippen LogP contribution in [-0.2, 0) is 22.9 Å². The van der Waals surface area contributed by atoms with E-state index in [0.29, 0.717) is 19.5 Å². The van der Waals surface area contributed by atoms with Gasteiger partial charge in [0.15, 0.2) is 0 Å². The van der Waals surface area contributed by atoms with Crippen LogP contribution in [0, 0.1) is 5.92 Å². The Labute approximate surface area is 135 Å². The molecule has 7 heteroatoms. The second-order valence-electron chi connectivity index (χ2n) is 6.36. The number of primary sulfonamides is 1.